The monoisotopic (exact) mass is 249 g/mol. The Kier molecular flexibility index (Phi) is 2.36. The second-order valence-corrected chi connectivity index (χ2v) is 4.30. The molecule has 2 heterocycles. The maximum Gasteiger partial charge on any atom is 0.317 e. The number of β-lactam (4-membered cyclic amide) rings is 1. The van der Waals surface area contributed by atoms with Crippen LogP contribution in [0.4, 0.5) is 0 Å². The summed E-state index contributed by atoms with van der Waals surface area (Å²) in [4.78, 5) is 23.7. The number of rotatable bonds is 3. The zero-order chi connectivity index (χ0) is 12.7. The first-order valence-corrected chi connectivity index (χ1v) is 5.55. The van der Waals surface area contributed by atoms with E-state index in [1.54, 1.807) is 6.07 Å². The first-order valence-electron chi connectivity index (χ1n) is 5.55. The minimum Gasteiger partial charge on any atom is -0.481 e. The third-order valence-electron chi connectivity index (χ3n) is 3.12. The van der Waals surface area contributed by atoms with E-state index in [0.29, 0.717) is 18.0 Å². The Morgan fingerprint density at radius 2 is 2.17 bits per heavy atom. The highest BCUT2D eigenvalue weighted by molar-refractivity contribution is 6.01. The Morgan fingerprint density at radius 3 is 2.89 bits per heavy atom. The van der Waals surface area contributed by atoms with Crippen LogP contribution in [0.2, 0.25) is 0 Å². The minimum atomic E-state index is -1.05. The van der Waals surface area contributed by atoms with Crippen LogP contribution in [0.25, 0.3) is 0 Å². The summed E-state index contributed by atoms with van der Waals surface area (Å²) in [6.07, 6.45) is 0. The van der Waals surface area contributed by atoms with Gasteiger partial charge in [0.2, 0.25) is 12.7 Å². The molecule has 18 heavy (non-hydrogen) atoms. The van der Waals surface area contributed by atoms with E-state index >= 15 is 0 Å². The minimum absolute atomic E-state index is 0.211. The molecule has 0 bridgehead atoms. The second-order valence-electron chi connectivity index (χ2n) is 4.30. The van der Waals surface area contributed by atoms with E-state index in [9.17, 15) is 9.59 Å². The fourth-order valence-electron chi connectivity index (χ4n) is 2.08. The molecule has 0 aromatic heterocycles. The molecule has 1 saturated heterocycles. The van der Waals surface area contributed by atoms with Gasteiger partial charge in [0.05, 0.1) is 0 Å². The molecule has 1 N–H and O–H groups in total. The molecule has 94 valence electrons. The van der Waals surface area contributed by atoms with Gasteiger partial charge in [0.15, 0.2) is 17.4 Å². The van der Waals surface area contributed by atoms with Gasteiger partial charge in [0.25, 0.3) is 0 Å². The number of aliphatic carboxylic acids is 1. The average molecular weight is 249 g/mol. The van der Waals surface area contributed by atoms with Gasteiger partial charge in [-0.05, 0) is 17.7 Å². The number of carboxylic acids is 1. The maximum atomic E-state index is 11.5. The number of hydrogen-bond donors (Lipinski definition) is 1. The molecule has 1 fully saturated rings. The van der Waals surface area contributed by atoms with Crippen LogP contribution in [0.15, 0.2) is 18.2 Å². The number of benzene rings is 1. The molecule has 1 amide bonds. The lowest BCUT2D eigenvalue weighted by Gasteiger charge is -2.36. The highest BCUT2D eigenvalue weighted by Crippen LogP contribution is 2.33. The zero-order valence-electron chi connectivity index (χ0n) is 9.46. The normalized spacial score (nSPS) is 20.8. The molecule has 1 atom stereocenters. The number of carboxylic acid groups (broad SMARTS) is 1. The molecule has 1 aromatic carbocycles. The molecular formula is C12H11NO5. The van der Waals surface area contributed by atoms with E-state index in [1.165, 1.54) is 4.90 Å². The van der Waals surface area contributed by atoms with Gasteiger partial charge in [-0.1, -0.05) is 6.07 Å². The van der Waals surface area contributed by atoms with Crippen molar-refractivity contribution < 1.29 is 24.2 Å². The van der Waals surface area contributed by atoms with Gasteiger partial charge in [-0.3, -0.25) is 9.59 Å². The van der Waals surface area contributed by atoms with Crippen molar-refractivity contribution in [1.82, 2.24) is 4.90 Å². The van der Waals surface area contributed by atoms with Crippen molar-refractivity contribution in [3.8, 4) is 11.5 Å². The molecule has 6 heteroatoms. The van der Waals surface area contributed by atoms with Crippen molar-refractivity contribution in [2.45, 2.75) is 6.54 Å². The van der Waals surface area contributed by atoms with E-state index in [2.05, 4.69) is 0 Å². The fourth-order valence-corrected chi connectivity index (χ4v) is 2.08. The summed E-state index contributed by atoms with van der Waals surface area (Å²) in [6, 6.07) is 5.44. The summed E-state index contributed by atoms with van der Waals surface area (Å²) in [5.74, 6) is -0.909. The Hall–Kier alpha value is -2.24. The molecule has 1 unspecified atom stereocenters. The SMILES string of the molecule is O=C(O)C1CN(Cc2ccc3c(c2)OCO3)C1=O. The van der Waals surface area contributed by atoms with Crippen LogP contribution >= 0.6 is 0 Å². The lowest BCUT2D eigenvalue weighted by atomic mass is 9.98. The van der Waals surface area contributed by atoms with Crippen molar-refractivity contribution in [1.29, 1.82) is 0 Å². The number of carbonyl (C=O) groups excluding carboxylic acids is 1. The third kappa shape index (κ3) is 1.66. The third-order valence-corrected chi connectivity index (χ3v) is 3.12. The highest BCUT2D eigenvalue weighted by atomic mass is 16.7. The smallest absolute Gasteiger partial charge is 0.317 e. The molecule has 3 rings (SSSR count). The van der Waals surface area contributed by atoms with Crippen LogP contribution in [0.5, 0.6) is 11.5 Å². The van der Waals surface area contributed by atoms with Crippen LogP contribution in [-0.4, -0.2) is 35.2 Å². The molecular weight excluding hydrogens is 238 g/mol. The van der Waals surface area contributed by atoms with Gasteiger partial charge in [-0.15, -0.1) is 0 Å². The summed E-state index contributed by atoms with van der Waals surface area (Å²) in [6.45, 7) is 0.879. The lowest BCUT2D eigenvalue weighted by molar-refractivity contribution is -0.162. The van der Waals surface area contributed by atoms with E-state index in [1.807, 2.05) is 12.1 Å². The van der Waals surface area contributed by atoms with Gasteiger partial charge >= 0.3 is 5.97 Å². The van der Waals surface area contributed by atoms with Gasteiger partial charge in [0.1, 0.15) is 0 Å². The number of ether oxygens (including phenoxy) is 2. The first-order chi connectivity index (χ1) is 8.65. The maximum absolute atomic E-state index is 11.5. The Morgan fingerprint density at radius 1 is 1.39 bits per heavy atom. The molecule has 0 spiro atoms. The van der Waals surface area contributed by atoms with Crippen LogP contribution in [0.1, 0.15) is 5.56 Å². The van der Waals surface area contributed by atoms with Gasteiger partial charge in [-0.2, -0.15) is 0 Å². The van der Waals surface area contributed by atoms with Crippen LogP contribution in [0.3, 0.4) is 0 Å². The van der Waals surface area contributed by atoms with Gasteiger partial charge < -0.3 is 19.5 Å². The average Bonchev–Trinajstić information content (AvgIpc) is 2.80. The number of carbonyl (C=O) groups is 2. The van der Waals surface area contributed by atoms with Crippen molar-refractivity contribution in [2.75, 3.05) is 13.3 Å². The molecule has 0 saturated carbocycles. The Labute approximate surface area is 103 Å². The van der Waals surface area contributed by atoms with E-state index in [4.69, 9.17) is 14.6 Å². The summed E-state index contributed by atoms with van der Waals surface area (Å²) in [7, 11) is 0. The van der Waals surface area contributed by atoms with E-state index < -0.39 is 11.9 Å². The number of fused-ring (bicyclic) bond motifs is 1. The van der Waals surface area contributed by atoms with Crippen molar-refractivity contribution in [3.63, 3.8) is 0 Å². The molecule has 1 aromatic rings. The molecule has 0 aliphatic carbocycles. The predicted octanol–water partition coefficient (Wildman–Crippen LogP) is 0.458. The highest BCUT2D eigenvalue weighted by Gasteiger charge is 2.41. The van der Waals surface area contributed by atoms with Crippen molar-refractivity contribution in [3.05, 3.63) is 23.8 Å². The van der Waals surface area contributed by atoms with Gasteiger partial charge in [0, 0.05) is 13.1 Å². The number of likely N-dealkylation sites (tertiary alicyclic amines) is 1. The van der Waals surface area contributed by atoms with E-state index in [0.717, 1.165) is 5.56 Å². The van der Waals surface area contributed by atoms with Crippen LogP contribution in [-0.2, 0) is 16.1 Å². The Balaban J connectivity index is 1.68. The van der Waals surface area contributed by atoms with Crippen molar-refractivity contribution in [2.24, 2.45) is 5.92 Å². The molecule has 2 aliphatic rings. The summed E-state index contributed by atoms with van der Waals surface area (Å²) >= 11 is 0. The predicted molar refractivity (Wildman–Crippen MR) is 59.1 cm³/mol. The molecule has 6 nitrogen and oxygen atoms in total. The van der Waals surface area contributed by atoms with Gasteiger partial charge in [-0.25, -0.2) is 0 Å². The summed E-state index contributed by atoms with van der Waals surface area (Å²) in [5.41, 5.74) is 0.899. The zero-order valence-corrected chi connectivity index (χ0v) is 9.46. The van der Waals surface area contributed by atoms with Crippen LogP contribution < -0.4 is 9.47 Å². The number of amides is 1. The van der Waals surface area contributed by atoms with Crippen molar-refractivity contribution >= 4 is 11.9 Å². The molecule has 0 radical (unpaired) electrons. The standard InChI is InChI=1S/C12H11NO5/c14-11-8(12(15)16)5-13(11)4-7-1-2-9-10(3-7)18-6-17-9/h1-3,8H,4-6H2,(H,15,16). The largest absolute Gasteiger partial charge is 0.481 e. The second kappa shape index (κ2) is 3.90. The quantitative estimate of drug-likeness (QED) is 0.622. The van der Waals surface area contributed by atoms with Crippen LogP contribution in [0, 0.1) is 5.92 Å². The number of hydrogen-bond acceptors (Lipinski definition) is 4. The van der Waals surface area contributed by atoms with E-state index in [-0.39, 0.29) is 19.2 Å². The summed E-state index contributed by atoms with van der Waals surface area (Å²) in [5, 5.41) is 8.73. The lowest BCUT2D eigenvalue weighted by Crippen LogP contribution is -2.54. The topological polar surface area (TPSA) is 76.1 Å². The first kappa shape index (κ1) is 10.9. The number of nitrogens with zero attached hydrogens (tertiary/aromatic N) is 1. The Bertz CT molecular complexity index is 527. The molecule has 2 aliphatic heterocycles. The fraction of sp³-hybridized carbons (Fsp3) is 0.333. The summed E-state index contributed by atoms with van der Waals surface area (Å²) < 4.78 is 10.4.